The van der Waals surface area contributed by atoms with Crippen LogP contribution in [0.25, 0.3) is 0 Å². The van der Waals surface area contributed by atoms with E-state index in [2.05, 4.69) is 4.74 Å². The Morgan fingerprint density at radius 1 is 1.32 bits per heavy atom. The third-order valence-electron chi connectivity index (χ3n) is 3.72. The van der Waals surface area contributed by atoms with Crippen molar-refractivity contribution in [3.63, 3.8) is 0 Å². The van der Waals surface area contributed by atoms with Crippen molar-refractivity contribution in [1.29, 1.82) is 0 Å². The molecule has 0 radical (unpaired) electrons. The van der Waals surface area contributed by atoms with Crippen LogP contribution in [0.3, 0.4) is 0 Å². The van der Waals surface area contributed by atoms with Crippen molar-refractivity contribution in [3.05, 3.63) is 29.8 Å². The van der Waals surface area contributed by atoms with Gasteiger partial charge in [-0.15, -0.1) is 13.2 Å². The van der Waals surface area contributed by atoms with E-state index in [1.165, 1.54) is 25.1 Å². The molecule has 0 amide bonds. The molecule has 0 heterocycles. The second-order valence-corrected chi connectivity index (χ2v) is 5.78. The normalized spacial score (nSPS) is 17.4. The zero-order valence-electron chi connectivity index (χ0n) is 12.6. The maximum atomic E-state index is 12.4. The Kier molecular flexibility index (Phi) is 5.45. The Labute approximate surface area is 127 Å². The molecule has 1 rings (SSSR count). The number of para-hydroxylation sites is 1. The van der Waals surface area contributed by atoms with Crippen molar-refractivity contribution in [2.45, 2.75) is 45.0 Å². The van der Waals surface area contributed by atoms with Crippen LogP contribution < -0.4 is 10.5 Å². The van der Waals surface area contributed by atoms with Crippen LogP contribution in [0.2, 0.25) is 0 Å². The molecule has 0 fully saturated rings. The van der Waals surface area contributed by atoms with Gasteiger partial charge in [0.1, 0.15) is 11.3 Å². The van der Waals surface area contributed by atoms with E-state index in [9.17, 15) is 18.0 Å². The maximum absolute atomic E-state index is 12.4. The number of carboxylic acids is 1. The maximum Gasteiger partial charge on any atom is 0.573 e. The lowest BCUT2D eigenvalue weighted by Crippen LogP contribution is -2.46. The molecule has 0 spiro atoms. The van der Waals surface area contributed by atoms with Gasteiger partial charge in [0.15, 0.2) is 0 Å². The highest BCUT2D eigenvalue weighted by Crippen LogP contribution is 2.36. The van der Waals surface area contributed by atoms with Crippen LogP contribution in [-0.4, -0.2) is 23.0 Å². The van der Waals surface area contributed by atoms with Gasteiger partial charge in [-0.2, -0.15) is 0 Å². The average Bonchev–Trinajstić information content (AvgIpc) is 2.36. The molecule has 0 aliphatic rings. The largest absolute Gasteiger partial charge is 0.573 e. The minimum Gasteiger partial charge on any atom is -0.480 e. The number of aliphatic carboxylic acids is 1. The lowest BCUT2D eigenvalue weighted by molar-refractivity contribution is -0.275. The Morgan fingerprint density at radius 3 is 2.36 bits per heavy atom. The number of ether oxygens (including phenoxy) is 1. The summed E-state index contributed by atoms with van der Waals surface area (Å²) in [5.74, 6) is -2.01. The average molecular weight is 319 g/mol. The molecule has 0 aromatic heterocycles. The summed E-state index contributed by atoms with van der Waals surface area (Å²) in [4.78, 5) is 11.1. The Bertz CT molecular complexity index is 529. The molecule has 22 heavy (non-hydrogen) atoms. The topological polar surface area (TPSA) is 72.6 Å². The van der Waals surface area contributed by atoms with Crippen molar-refractivity contribution in [2.75, 3.05) is 0 Å². The van der Waals surface area contributed by atoms with Gasteiger partial charge < -0.3 is 15.6 Å². The standard InChI is InChI=1S/C15H20F3NO3/c1-9(8-14(3,19)13(20)21)10(2)11-6-4-5-7-12(11)22-15(16,17)18/h4-7,9-10H,8,19H2,1-3H3,(H,20,21). The highest BCUT2D eigenvalue weighted by atomic mass is 19.4. The predicted octanol–water partition coefficient (Wildman–Crippen LogP) is 3.52. The van der Waals surface area contributed by atoms with Crippen molar-refractivity contribution < 1.29 is 27.8 Å². The van der Waals surface area contributed by atoms with Crippen molar-refractivity contribution in [3.8, 4) is 5.75 Å². The number of hydrogen-bond acceptors (Lipinski definition) is 3. The Balaban J connectivity index is 2.98. The minimum absolute atomic E-state index is 0.129. The fourth-order valence-electron chi connectivity index (χ4n) is 2.31. The van der Waals surface area contributed by atoms with E-state index in [1.807, 2.05) is 0 Å². The predicted molar refractivity (Wildman–Crippen MR) is 75.5 cm³/mol. The van der Waals surface area contributed by atoms with Crippen LogP contribution in [-0.2, 0) is 4.79 Å². The number of alkyl halides is 3. The summed E-state index contributed by atoms with van der Waals surface area (Å²) in [6.07, 6.45) is -4.65. The molecule has 3 N–H and O–H groups in total. The van der Waals surface area contributed by atoms with E-state index in [4.69, 9.17) is 10.8 Å². The van der Waals surface area contributed by atoms with E-state index in [0.29, 0.717) is 5.56 Å². The number of carboxylic acid groups (broad SMARTS) is 1. The lowest BCUT2D eigenvalue weighted by Gasteiger charge is -2.28. The van der Waals surface area contributed by atoms with Crippen LogP contribution in [0.15, 0.2) is 24.3 Å². The summed E-state index contributed by atoms with van der Waals surface area (Å²) in [5, 5.41) is 9.05. The second-order valence-electron chi connectivity index (χ2n) is 5.78. The van der Waals surface area contributed by atoms with Crippen LogP contribution >= 0.6 is 0 Å². The molecule has 0 aliphatic carbocycles. The SMILES string of the molecule is CC(CC(C)(N)C(=O)O)C(C)c1ccccc1OC(F)(F)F. The van der Waals surface area contributed by atoms with Gasteiger partial charge in [-0.25, -0.2) is 0 Å². The third kappa shape index (κ3) is 4.91. The molecular weight excluding hydrogens is 299 g/mol. The van der Waals surface area contributed by atoms with Gasteiger partial charge >= 0.3 is 12.3 Å². The monoisotopic (exact) mass is 319 g/mol. The minimum atomic E-state index is -4.78. The smallest absolute Gasteiger partial charge is 0.480 e. The first-order valence-corrected chi connectivity index (χ1v) is 6.81. The number of benzene rings is 1. The third-order valence-corrected chi connectivity index (χ3v) is 3.72. The lowest BCUT2D eigenvalue weighted by atomic mass is 9.80. The first kappa shape index (κ1) is 18.3. The highest BCUT2D eigenvalue weighted by molar-refractivity contribution is 5.77. The van der Waals surface area contributed by atoms with Gasteiger partial charge in [0.2, 0.25) is 0 Å². The summed E-state index contributed by atoms with van der Waals surface area (Å²) < 4.78 is 41.4. The zero-order valence-corrected chi connectivity index (χ0v) is 12.6. The molecule has 3 atom stereocenters. The van der Waals surface area contributed by atoms with E-state index < -0.39 is 17.9 Å². The van der Waals surface area contributed by atoms with E-state index in [-0.39, 0.29) is 24.0 Å². The quantitative estimate of drug-likeness (QED) is 0.841. The summed E-state index contributed by atoms with van der Waals surface area (Å²) >= 11 is 0. The molecule has 1 aromatic rings. The van der Waals surface area contributed by atoms with E-state index >= 15 is 0 Å². The van der Waals surface area contributed by atoms with Gasteiger partial charge in [0.25, 0.3) is 0 Å². The number of hydrogen-bond donors (Lipinski definition) is 2. The van der Waals surface area contributed by atoms with Crippen LogP contribution in [0.5, 0.6) is 5.75 Å². The van der Waals surface area contributed by atoms with Gasteiger partial charge in [-0.05, 0) is 36.8 Å². The van der Waals surface area contributed by atoms with Crippen molar-refractivity contribution in [2.24, 2.45) is 11.7 Å². The van der Waals surface area contributed by atoms with Crippen molar-refractivity contribution >= 4 is 5.97 Å². The zero-order chi connectivity index (χ0) is 17.1. The Hall–Kier alpha value is -1.76. The van der Waals surface area contributed by atoms with Gasteiger partial charge in [-0.3, -0.25) is 4.79 Å². The first-order valence-electron chi connectivity index (χ1n) is 6.81. The van der Waals surface area contributed by atoms with Gasteiger partial charge in [0, 0.05) is 0 Å². The molecule has 7 heteroatoms. The Morgan fingerprint density at radius 2 is 1.86 bits per heavy atom. The molecule has 124 valence electrons. The number of rotatable bonds is 6. The van der Waals surface area contributed by atoms with E-state index in [0.717, 1.165) is 0 Å². The fraction of sp³-hybridized carbons (Fsp3) is 0.533. The second kappa shape index (κ2) is 6.56. The van der Waals surface area contributed by atoms with E-state index in [1.54, 1.807) is 19.9 Å². The molecule has 0 saturated heterocycles. The molecule has 1 aromatic carbocycles. The summed E-state index contributed by atoms with van der Waals surface area (Å²) in [5.41, 5.74) is 4.64. The molecule has 0 aliphatic heterocycles. The van der Waals surface area contributed by atoms with Crippen LogP contribution in [0.4, 0.5) is 13.2 Å². The molecule has 0 bridgehead atoms. The first-order chi connectivity index (χ1) is 9.94. The number of nitrogens with two attached hydrogens (primary N) is 1. The highest BCUT2D eigenvalue weighted by Gasteiger charge is 2.35. The summed E-state index contributed by atoms with van der Waals surface area (Å²) in [6.45, 7) is 4.86. The fourth-order valence-corrected chi connectivity index (χ4v) is 2.31. The number of halogens is 3. The summed E-state index contributed by atoms with van der Waals surface area (Å²) in [7, 11) is 0. The number of carbonyl (C=O) groups is 1. The van der Waals surface area contributed by atoms with Gasteiger partial charge in [0.05, 0.1) is 0 Å². The van der Waals surface area contributed by atoms with Crippen LogP contribution in [0.1, 0.15) is 38.7 Å². The molecule has 0 saturated carbocycles. The summed E-state index contributed by atoms with van der Waals surface area (Å²) in [6, 6.07) is 5.84. The van der Waals surface area contributed by atoms with Crippen molar-refractivity contribution in [1.82, 2.24) is 0 Å². The molecule has 4 nitrogen and oxygen atoms in total. The molecule has 3 unspecified atom stereocenters. The molecular formula is C15H20F3NO3. The van der Waals surface area contributed by atoms with Gasteiger partial charge in [-0.1, -0.05) is 32.0 Å². The van der Waals surface area contributed by atoms with Crippen LogP contribution in [0, 0.1) is 5.92 Å².